The van der Waals surface area contributed by atoms with Crippen molar-refractivity contribution < 1.29 is 14.7 Å². The molecule has 1 saturated heterocycles. The van der Waals surface area contributed by atoms with Crippen LogP contribution in [0.5, 0.6) is 0 Å². The van der Waals surface area contributed by atoms with E-state index in [4.69, 9.17) is 0 Å². The fourth-order valence-electron chi connectivity index (χ4n) is 4.44. The van der Waals surface area contributed by atoms with Gasteiger partial charge in [0, 0.05) is 19.5 Å². The second-order valence-electron chi connectivity index (χ2n) is 8.07. The first kappa shape index (κ1) is 17.0. The van der Waals surface area contributed by atoms with Gasteiger partial charge in [-0.25, -0.2) is 0 Å². The third-order valence-electron chi connectivity index (χ3n) is 6.17. The number of nitrogens with zero attached hydrogens (tertiary/aromatic N) is 1. The number of rotatable bonds is 5. The predicted molar refractivity (Wildman–Crippen MR) is 92.7 cm³/mol. The van der Waals surface area contributed by atoms with E-state index in [0.29, 0.717) is 25.9 Å². The van der Waals surface area contributed by atoms with Crippen molar-refractivity contribution in [1.29, 1.82) is 0 Å². The lowest BCUT2D eigenvalue weighted by Crippen LogP contribution is -2.37. The minimum absolute atomic E-state index is 0.0585. The lowest BCUT2D eigenvalue weighted by atomic mass is 9.80. The molecule has 4 nitrogen and oxygen atoms in total. The molecule has 2 atom stereocenters. The number of carbonyl (C=O) groups excluding carboxylic acids is 1. The van der Waals surface area contributed by atoms with Crippen LogP contribution in [0.3, 0.4) is 0 Å². The molecule has 0 aromatic heterocycles. The Morgan fingerprint density at radius 1 is 1.29 bits per heavy atom. The van der Waals surface area contributed by atoms with Gasteiger partial charge in [-0.1, -0.05) is 50.6 Å². The zero-order valence-corrected chi connectivity index (χ0v) is 14.6. The quantitative estimate of drug-likeness (QED) is 0.900. The zero-order valence-electron chi connectivity index (χ0n) is 14.6. The molecule has 0 bridgehead atoms. The van der Waals surface area contributed by atoms with Gasteiger partial charge in [0.2, 0.25) is 5.91 Å². The summed E-state index contributed by atoms with van der Waals surface area (Å²) in [6.07, 6.45) is 3.87. The molecule has 4 heteroatoms. The summed E-state index contributed by atoms with van der Waals surface area (Å²) in [6, 6.07) is 10.3. The van der Waals surface area contributed by atoms with E-state index < -0.39 is 11.4 Å². The Kier molecular flexibility index (Phi) is 4.41. The molecule has 24 heavy (non-hydrogen) atoms. The number of carboxylic acid groups (broad SMARTS) is 1. The van der Waals surface area contributed by atoms with Crippen LogP contribution in [-0.2, 0) is 15.0 Å². The van der Waals surface area contributed by atoms with Crippen molar-refractivity contribution in [3.8, 4) is 0 Å². The van der Waals surface area contributed by atoms with Crippen molar-refractivity contribution in [3.63, 3.8) is 0 Å². The number of likely N-dealkylation sites (tertiary alicyclic amines) is 1. The van der Waals surface area contributed by atoms with Crippen molar-refractivity contribution in [1.82, 2.24) is 4.90 Å². The number of carbonyl (C=O) groups is 2. The van der Waals surface area contributed by atoms with Crippen LogP contribution < -0.4 is 0 Å². The van der Waals surface area contributed by atoms with Crippen LogP contribution in [0.15, 0.2) is 30.3 Å². The lowest BCUT2D eigenvalue weighted by molar-refractivity contribution is -0.149. The molecule has 2 fully saturated rings. The molecule has 1 aromatic rings. The van der Waals surface area contributed by atoms with E-state index in [0.717, 1.165) is 19.3 Å². The van der Waals surface area contributed by atoms with E-state index in [1.165, 1.54) is 5.56 Å². The maximum atomic E-state index is 12.7. The summed E-state index contributed by atoms with van der Waals surface area (Å²) < 4.78 is 0. The fraction of sp³-hybridized carbons (Fsp3) is 0.600. The van der Waals surface area contributed by atoms with E-state index in [2.05, 4.69) is 26.0 Å². The molecule has 1 amide bonds. The third-order valence-corrected chi connectivity index (χ3v) is 6.17. The average Bonchev–Trinajstić information content (AvgIpc) is 3.12. The first-order chi connectivity index (χ1) is 11.3. The van der Waals surface area contributed by atoms with E-state index in [1.54, 1.807) is 4.90 Å². The van der Waals surface area contributed by atoms with Gasteiger partial charge in [-0.2, -0.15) is 0 Å². The van der Waals surface area contributed by atoms with Crippen LogP contribution in [0.1, 0.15) is 51.5 Å². The maximum Gasteiger partial charge on any atom is 0.311 e. The Balaban J connectivity index is 1.62. The highest BCUT2D eigenvalue weighted by molar-refractivity contribution is 5.81. The lowest BCUT2D eigenvalue weighted by Gasteiger charge is -2.27. The Morgan fingerprint density at radius 3 is 2.62 bits per heavy atom. The standard InChI is InChI=1S/C20H27NO3/c1-19(2,15-7-4-3-5-8-15)12-10-17(22)21-13-16-9-6-11-20(16,14-21)18(23)24/h3-5,7-8,16H,6,9-14H2,1-2H3,(H,23,24)/t16-,20+/m0/s1. The summed E-state index contributed by atoms with van der Waals surface area (Å²) in [5, 5.41) is 9.64. The first-order valence-electron chi connectivity index (χ1n) is 8.92. The second kappa shape index (κ2) is 6.23. The molecule has 1 N–H and O–H groups in total. The smallest absolute Gasteiger partial charge is 0.311 e. The minimum Gasteiger partial charge on any atom is -0.481 e. The molecule has 1 saturated carbocycles. The molecule has 0 spiro atoms. The summed E-state index contributed by atoms with van der Waals surface area (Å²) in [5.74, 6) is -0.472. The van der Waals surface area contributed by atoms with Gasteiger partial charge < -0.3 is 10.0 Å². The minimum atomic E-state index is -0.718. The molecular formula is C20H27NO3. The second-order valence-corrected chi connectivity index (χ2v) is 8.07. The fourth-order valence-corrected chi connectivity index (χ4v) is 4.44. The summed E-state index contributed by atoms with van der Waals surface area (Å²) in [5.41, 5.74) is 0.500. The number of fused-ring (bicyclic) bond motifs is 1. The molecule has 1 heterocycles. The molecule has 0 radical (unpaired) electrons. The van der Waals surface area contributed by atoms with E-state index in [9.17, 15) is 14.7 Å². The Morgan fingerprint density at radius 2 is 2.00 bits per heavy atom. The summed E-state index contributed by atoms with van der Waals surface area (Å²) in [6.45, 7) is 5.34. The van der Waals surface area contributed by atoms with Crippen LogP contribution in [0, 0.1) is 11.3 Å². The normalized spacial score (nSPS) is 26.4. The SMILES string of the molecule is CC(C)(CCC(=O)N1C[C@@H]2CCC[C@@]2(C(=O)O)C1)c1ccccc1. The Bertz CT molecular complexity index is 625. The molecule has 1 aliphatic carbocycles. The van der Waals surface area contributed by atoms with Gasteiger partial charge in [-0.05, 0) is 36.2 Å². The third kappa shape index (κ3) is 2.94. The predicted octanol–water partition coefficient (Wildman–Crippen LogP) is 3.46. The van der Waals surface area contributed by atoms with E-state index in [-0.39, 0.29) is 17.2 Å². The van der Waals surface area contributed by atoms with E-state index >= 15 is 0 Å². The topological polar surface area (TPSA) is 57.6 Å². The van der Waals surface area contributed by atoms with Gasteiger partial charge in [0.25, 0.3) is 0 Å². The molecule has 3 rings (SSSR count). The van der Waals surface area contributed by atoms with Gasteiger partial charge >= 0.3 is 5.97 Å². The number of hydrogen-bond acceptors (Lipinski definition) is 2. The monoisotopic (exact) mass is 329 g/mol. The van der Waals surface area contributed by atoms with Crippen molar-refractivity contribution in [2.24, 2.45) is 11.3 Å². The molecule has 1 aliphatic heterocycles. The van der Waals surface area contributed by atoms with Crippen molar-refractivity contribution >= 4 is 11.9 Å². The number of aliphatic carboxylic acids is 1. The Labute approximate surface area is 143 Å². The van der Waals surface area contributed by atoms with Gasteiger partial charge in [0.15, 0.2) is 0 Å². The highest BCUT2D eigenvalue weighted by atomic mass is 16.4. The number of hydrogen-bond donors (Lipinski definition) is 1. The van der Waals surface area contributed by atoms with Crippen LogP contribution in [0.25, 0.3) is 0 Å². The van der Waals surface area contributed by atoms with E-state index in [1.807, 2.05) is 18.2 Å². The molecule has 0 unspecified atom stereocenters. The van der Waals surface area contributed by atoms with Crippen molar-refractivity contribution in [3.05, 3.63) is 35.9 Å². The summed E-state index contributed by atoms with van der Waals surface area (Å²) in [7, 11) is 0. The van der Waals surface area contributed by atoms with Gasteiger partial charge in [-0.15, -0.1) is 0 Å². The van der Waals surface area contributed by atoms with Gasteiger partial charge in [-0.3, -0.25) is 9.59 Å². The number of carboxylic acids is 1. The highest BCUT2D eigenvalue weighted by Gasteiger charge is 2.55. The summed E-state index contributed by atoms with van der Waals surface area (Å²) >= 11 is 0. The van der Waals surface area contributed by atoms with Crippen LogP contribution >= 0.6 is 0 Å². The summed E-state index contributed by atoms with van der Waals surface area (Å²) in [4.78, 5) is 26.2. The van der Waals surface area contributed by atoms with Crippen molar-refractivity contribution in [2.45, 2.75) is 51.4 Å². The molecular weight excluding hydrogens is 302 g/mol. The van der Waals surface area contributed by atoms with Crippen LogP contribution in [0.2, 0.25) is 0 Å². The number of benzene rings is 1. The van der Waals surface area contributed by atoms with Crippen molar-refractivity contribution in [2.75, 3.05) is 13.1 Å². The molecule has 130 valence electrons. The first-order valence-corrected chi connectivity index (χ1v) is 8.92. The van der Waals surface area contributed by atoms with Crippen LogP contribution in [-0.4, -0.2) is 35.0 Å². The largest absolute Gasteiger partial charge is 0.481 e. The zero-order chi connectivity index (χ0) is 17.4. The number of amides is 1. The molecule has 1 aromatic carbocycles. The van der Waals surface area contributed by atoms with Gasteiger partial charge in [0.1, 0.15) is 0 Å². The highest BCUT2D eigenvalue weighted by Crippen LogP contribution is 2.49. The maximum absolute atomic E-state index is 12.7. The van der Waals surface area contributed by atoms with Gasteiger partial charge in [0.05, 0.1) is 5.41 Å². The molecule has 2 aliphatic rings. The van der Waals surface area contributed by atoms with Crippen LogP contribution in [0.4, 0.5) is 0 Å². The average molecular weight is 329 g/mol. The Hall–Kier alpha value is -1.84.